The number of amides is 2. The monoisotopic (exact) mass is 611 g/mol. The molecule has 2 saturated heterocycles. The zero-order chi connectivity index (χ0) is 30.2. The molecule has 2 amide bonds. The summed E-state index contributed by atoms with van der Waals surface area (Å²) >= 11 is 0. The van der Waals surface area contributed by atoms with Crippen LogP contribution in [0.3, 0.4) is 0 Å². The van der Waals surface area contributed by atoms with Crippen LogP contribution in [0.15, 0.2) is 40.1 Å². The van der Waals surface area contributed by atoms with Crippen molar-refractivity contribution >= 4 is 28.8 Å². The minimum Gasteiger partial charge on any atom is -0.381 e. The predicted octanol–water partition coefficient (Wildman–Crippen LogP) is 4.42. The first-order valence-corrected chi connectivity index (χ1v) is 16.0. The lowest BCUT2D eigenvalue weighted by Gasteiger charge is -2.41. The highest BCUT2D eigenvalue weighted by molar-refractivity contribution is 6.08. The van der Waals surface area contributed by atoms with Crippen LogP contribution in [0.2, 0.25) is 0 Å². The Morgan fingerprint density at radius 3 is 2.73 bits per heavy atom. The average molecular weight is 612 g/mol. The number of carbonyl (C=O) groups is 2. The van der Waals surface area contributed by atoms with Crippen molar-refractivity contribution < 1.29 is 18.6 Å². The zero-order valence-electron chi connectivity index (χ0n) is 26.2. The Morgan fingerprint density at radius 1 is 1.18 bits per heavy atom. The molecule has 1 aliphatic carbocycles. The summed E-state index contributed by atoms with van der Waals surface area (Å²) in [4.78, 5) is 38.6. The molecule has 2 fully saturated rings. The number of nitrogens with one attached hydrogen (secondary N) is 2. The molecule has 0 spiro atoms. The molecule has 1 aromatic rings. The maximum absolute atomic E-state index is 13.7. The standard InChI is InChI=1S/C33H47N7O3.CH4.3H2/c1-22-10-28(33(4,21-35-22)38-30(41)17-39-9-5-6-23(39)2)14-34-31(42)32(3)12-26-11-25(7-8-29(26)36-20-32)27-13-37-40(16-27)15-24-18-43-19-24;;;;/h11-13,16,23-24,28H,5-10,14-15,17-21H2,1-4H3,(H,34,42)(H,38,41);1H4;3*1H/t23-,28?,32?,33?;;;;/m0..../s1. The fourth-order valence-corrected chi connectivity index (χ4v) is 7.03. The minimum absolute atomic E-state index is 0. The molecule has 4 atom stereocenters. The highest BCUT2D eigenvalue weighted by Gasteiger charge is 2.41. The molecule has 5 heterocycles. The lowest BCUT2D eigenvalue weighted by Crippen LogP contribution is -2.60. The van der Waals surface area contributed by atoms with Crippen molar-refractivity contribution in [2.75, 3.05) is 45.9 Å². The van der Waals surface area contributed by atoms with Crippen molar-refractivity contribution in [3.63, 3.8) is 0 Å². The molecule has 0 aromatic carbocycles. The third kappa shape index (κ3) is 6.91. The van der Waals surface area contributed by atoms with E-state index in [1.807, 2.05) is 24.7 Å². The van der Waals surface area contributed by atoms with Crippen LogP contribution in [-0.2, 0) is 20.9 Å². The number of aromatic nitrogens is 2. The summed E-state index contributed by atoms with van der Waals surface area (Å²) in [5.74, 6) is 0.607. The van der Waals surface area contributed by atoms with Crippen molar-refractivity contribution in [3.8, 4) is 0 Å². The lowest BCUT2D eigenvalue weighted by molar-refractivity contribution is -0.127. The Hall–Kier alpha value is -3.11. The molecule has 0 radical (unpaired) electrons. The normalized spacial score (nSPS) is 30.5. The van der Waals surface area contributed by atoms with Crippen LogP contribution in [-0.4, -0.2) is 95.4 Å². The van der Waals surface area contributed by atoms with Crippen LogP contribution in [0.4, 0.5) is 0 Å². The first-order valence-electron chi connectivity index (χ1n) is 16.0. The second-order valence-electron chi connectivity index (χ2n) is 13.9. The van der Waals surface area contributed by atoms with Crippen molar-refractivity contribution in [2.24, 2.45) is 27.2 Å². The highest BCUT2D eigenvalue weighted by atomic mass is 16.5. The van der Waals surface area contributed by atoms with E-state index in [1.165, 1.54) is 5.57 Å². The number of carbonyl (C=O) groups excluding carboxylic acids is 2. The summed E-state index contributed by atoms with van der Waals surface area (Å²) in [5.41, 5.74) is 4.29. The molecule has 10 heteroatoms. The topological polar surface area (TPSA) is 113 Å². The molecule has 0 saturated carbocycles. The molecule has 10 nitrogen and oxygen atoms in total. The Labute approximate surface area is 266 Å². The third-order valence-electron chi connectivity index (χ3n) is 10.1. The van der Waals surface area contributed by atoms with E-state index in [9.17, 15) is 9.59 Å². The maximum Gasteiger partial charge on any atom is 0.234 e. The second-order valence-corrected chi connectivity index (χ2v) is 13.9. The van der Waals surface area contributed by atoms with Gasteiger partial charge in [-0.1, -0.05) is 13.5 Å². The van der Waals surface area contributed by atoms with Crippen LogP contribution in [0, 0.1) is 17.3 Å². The number of ether oxygens (including phenoxy) is 1. The first-order chi connectivity index (χ1) is 20.6. The summed E-state index contributed by atoms with van der Waals surface area (Å²) in [5, 5.41) is 11.1. The molecule has 0 bridgehead atoms. The van der Waals surface area contributed by atoms with Crippen LogP contribution >= 0.6 is 0 Å². The molecule has 3 unspecified atom stereocenters. The van der Waals surface area contributed by atoms with E-state index in [0.717, 1.165) is 81.0 Å². The smallest absolute Gasteiger partial charge is 0.234 e. The molecular weight excluding hydrogens is 554 g/mol. The number of fused-ring (bicyclic) bond motifs is 1. The van der Waals surface area contributed by atoms with Crippen molar-refractivity contribution in [3.05, 3.63) is 35.7 Å². The van der Waals surface area contributed by atoms with Crippen LogP contribution in [0.1, 0.15) is 77.1 Å². The molecule has 6 rings (SSSR count). The highest BCUT2D eigenvalue weighted by Crippen LogP contribution is 2.35. The van der Waals surface area contributed by atoms with Gasteiger partial charge >= 0.3 is 0 Å². The summed E-state index contributed by atoms with van der Waals surface area (Å²) in [6, 6.07) is 0.439. The van der Waals surface area contributed by atoms with Crippen molar-refractivity contribution in [2.45, 2.75) is 85.4 Å². The number of allylic oxidation sites excluding steroid dienone is 3. The first kappa shape index (κ1) is 32.3. The molecule has 246 valence electrons. The van der Waals surface area contributed by atoms with Gasteiger partial charge in [-0.05, 0) is 83.6 Å². The van der Waals surface area contributed by atoms with E-state index in [4.69, 9.17) is 14.7 Å². The third-order valence-corrected chi connectivity index (χ3v) is 10.1. The summed E-state index contributed by atoms with van der Waals surface area (Å²) in [6.07, 6.45) is 13.2. The Bertz CT molecular complexity index is 1390. The van der Waals surface area contributed by atoms with Gasteiger partial charge in [-0.25, -0.2) is 0 Å². The predicted molar refractivity (Wildman–Crippen MR) is 181 cm³/mol. The molecule has 2 N–H and O–H groups in total. The molecule has 1 aromatic heterocycles. The number of nitrogens with zero attached hydrogens (tertiary/aromatic N) is 5. The van der Waals surface area contributed by atoms with Gasteiger partial charge in [0.15, 0.2) is 0 Å². The second kappa shape index (κ2) is 13.1. The van der Waals surface area contributed by atoms with Crippen LogP contribution in [0.25, 0.3) is 5.57 Å². The van der Waals surface area contributed by atoms with E-state index >= 15 is 0 Å². The van der Waals surface area contributed by atoms with Gasteiger partial charge in [-0.15, -0.1) is 0 Å². The summed E-state index contributed by atoms with van der Waals surface area (Å²) < 4.78 is 7.32. The van der Waals surface area contributed by atoms with E-state index in [0.29, 0.717) is 38.1 Å². The van der Waals surface area contributed by atoms with Crippen molar-refractivity contribution in [1.29, 1.82) is 0 Å². The number of hydrogen-bond donors (Lipinski definition) is 2. The van der Waals surface area contributed by atoms with Crippen LogP contribution < -0.4 is 10.6 Å². The number of rotatable bonds is 9. The quantitative estimate of drug-likeness (QED) is 0.429. The summed E-state index contributed by atoms with van der Waals surface area (Å²) in [7, 11) is 0. The van der Waals surface area contributed by atoms with Crippen molar-refractivity contribution in [1.82, 2.24) is 25.3 Å². The van der Waals surface area contributed by atoms with E-state index in [1.54, 1.807) is 0 Å². The van der Waals surface area contributed by atoms with E-state index < -0.39 is 11.0 Å². The van der Waals surface area contributed by atoms with Gasteiger partial charge in [0.2, 0.25) is 11.8 Å². The largest absolute Gasteiger partial charge is 0.381 e. The molecule has 44 heavy (non-hydrogen) atoms. The van der Waals surface area contributed by atoms with Gasteiger partial charge in [0, 0.05) is 58.4 Å². The number of likely N-dealkylation sites (tertiary alicyclic amines) is 1. The SMILES string of the molecule is C.CC1=NCC(C)(NC(=O)CN2CCC[C@@H]2C)C(CNC(=O)C2(C)C=C3C=C(c4cnn(CC5COC5)c4)CCC3=NC2)C1.[HH].[HH].[HH]. The molecular formula is C34H57N7O3. The molecule has 4 aliphatic heterocycles. The summed E-state index contributed by atoms with van der Waals surface area (Å²) in [6.45, 7) is 13.6. The number of hydrogen-bond acceptors (Lipinski definition) is 7. The van der Waals surface area contributed by atoms with Gasteiger partial charge < -0.3 is 15.4 Å². The van der Waals surface area contributed by atoms with Gasteiger partial charge in [0.25, 0.3) is 0 Å². The van der Waals surface area contributed by atoms with Gasteiger partial charge in [0.1, 0.15) is 0 Å². The van der Waals surface area contributed by atoms with E-state index in [2.05, 4.69) is 52.8 Å². The van der Waals surface area contributed by atoms with Gasteiger partial charge in [0.05, 0.1) is 50.0 Å². The van der Waals surface area contributed by atoms with Gasteiger partial charge in [-0.3, -0.25) is 29.2 Å². The fraction of sp³-hybridized carbons (Fsp3) is 0.676. The Balaban J connectivity index is 0.00000192. The van der Waals surface area contributed by atoms with Gasteiger partial charge in [-0.2, -0.15) is 5.10 Å². The molecule has 5 aliphatic rings. The maximum atomic E-state index is 13.7. The van der Waals surface area contributed by atoms with E-state index in [-0.39, 0.29) is 29.4 Å². The van der Waals surface area contributed by atoms with Crippen LogP contribution in [0.5, 0.6) is 0 Å². The fourth-order valence-electron chi connectivity index (χ4n) is 7.03. The number of dihydropyridines is 1. The Kier molecular flexibility index (Phi) is 9.61. The average Bonchev–Trinajstić information content (AvgIpc) is 3.59. The zero-order valence-corrected chi connectivity index (χ0v) is 26.2. The Morgan fingerprint density at radius 2 is 2.00 bits per heavy atom. The minimum atomic E-state index is -0.741. The lowest BCUT2D eigenvalue weighted by atomic mass is 9.78. The number of aliphatic imine (C=N–C) groups is 2.